The summed E-state index contributed by atoms with van der Waals surface area (Å²) in [4.78, 5) is 0. The van der Waals surface area contributed by atoms with Crippen LogP contribution in [0.4, 0.5) is 0 Å². The van der Waals surface area contributed by atoms with Crippen molar-refractivity contribution in [3.8, 4) is 0 Å². The summed E-state index contributed by atoms with van der Waals surface area (Å²) in [5, 5.41) is 0. The van der Waals surface area contributed by atoms with Gasteiger partial charge >= 0.3 is 0 Å². The zero-order valence-corrected chi connectivity index (χ0v) is 6.61. The minimum Gasteiger partial charge on any atom is -0.346 e. The zero-order valence-electron chi connectivity index (χ0n) is 2.82. The Morgan fingerprint density at radius 3 is 1.25 bits per heavy atom. The molecule has 0 aromatic heterocycles. The van der Waals surface area contributed by atoms with Crippen LogP contribution >= 0.6 is 12.4 Å². The van der Waals surface area contributed by atoms with Gasteiger partial charge in [0.05, 0.1) is 0 Å². The Kier molecular flexibility index (Phi) is 205. The van der Waals surface area contributed by atoms with Gasteiger partial charge in [0.15, 0.2) is 0 Å². The van der Waals surface area contributed by atoms with Crippen molar-refractivity contribution in [2.24, 2.45) is 0 Å². The summed E-state index contributed by atoms with van der Waals surface area (Å²) < 4.78 is 0. The largest absolute Gasteiger partial charge is 0.346 e. The molecule has 0 nitrogen and oxygen atoms in total. The number of hydrogen-bond donors (Lipinski definition) is 0. The van der Waals surface area contributed by atoms with Gasteiger partial charge in [-0.15, -0.1) is 12.4 Å². The Morgan fingerprint density at radius 1 is 1.25 bits per heavy atom. The summed E-state index contributed by atoms with van der Waals surface area (Å²) in [6.07, 6.45) is 0. The minimum atomic E-state index is 0. The van der Waals surface area contributed by atoms with E-state index < -0.39 is 0 Å². The summed E-state index contributed by atoms with van der Waals surface area (Å²) in [5.41, 5.74) is 0. The topological polar surface area (TPSA) is 0 Å². The van der Waals surface area contributed by atoms with Crippen LogP contribution in [0.5, 0.6) is 0 Å². The summed E-state index contributed by atoms with van der Waals surface area (Å²) >= 11 is 0. The van der Waals surface area contributed by atoms with Crippen molar-refractivity contribution in [3.05, 3.63) is 6.92 Å². The van der Waals surface area contributed by atoms with Gasteiger partial charge in [0, 0.05) is 19.5 Å². The Labute approximate surface area is 46.1 Å². The maximum atomic E-state index is 3.25. The fourth-order valence-corrected chi connectivity index (χ4v) is 0. The standard InChI is InChI=1S/C2H5.ClH.Zn/c1-2;;/h1H2,2H3;1H;/q-1;;. The van der Waals surface area contributed by atoms with E-state index in [1.807, 2.05) is 0 Å². The molecule has 0 fully saturated rings. The van der Waals surface area contributed by atoms with Crippen LogP contribution in [0.15, 0.2) is 0 Å². The molecule has 0 bridgehead atoms. The average Bonchev–Trinajstić information content (AvgIpc) is 1.00. The predicted molar refractivity (Wildman–Crippen MR) is 18.3 cm³/mol. The van der Waals surface area contributed by atoms with E-state index in [1.165, 1.54) is 0 Å². The van der Waals surface area contributed by atoms with Crippen LogP contribution in [-0.2, 0) is 19.5 Å². The first kappa shape index (κ1) is 20.6. The van der Waals surface area contributed by atoms with E-state index in [0.717, 1.165) is 0 Å². The molecule has 0 aromatic rings. The van der Waals surface area contributed by atoms with Crippen molar-refractivity contribution in [1.29, 1.82) is 0 Å². The van der Waals surface area contributed by atoms with Crippen molar-refractivity contribution in [1.82, 2.24) is 0 Å². The SMILES string of the molecule is Cl.[CH2-]C.[Zn]. The molecule has 0 saturated carbocycles. The molecule has 0 radical (unpaired) electrons. The van der Waals surface area contributed by atoms with Gasteiger partial charge in [0.2, 0.25) is 0 Å². The summed E-state index contributed by atoms with van der Waals surface area (Å²) in [7, 11) is 0. The number of halogens is 1. The quantitative estimate of drug-likeness (QED) is 0.343. The molecule has 0 spiro atoms. The maximum Gasteiger partial charge on any atom is 0 e. The molecular weight excluding hydrogens is 125 g/mol. The Morgan fingerprint density at radius 2 is 1.25 bits per heavy atom. The molecule has 2 heteroatoms. The molecule has 0 aliphatic heterocycles. The second-order valence-electron chi connectivity index (χ2n) is 0. The maximum absolute atomic E-state index is 3.25. The van der Waals surface area contributed by atoms with Gasteiger partial charge in [0.25, 0.3) is 0 Å². The van der Waals surface area contributed by atoms with Gasteiger partial charge < -0.3 is 6.92 Å². The monoisotopic (exact) mass is 129 g/mol. The summed E-state index contributed by atoms with van der Waals surface area (Å²) in [6, 6.07) is 0. The number of rotatable bonds is 0. The minimum absolute atomic E-state index is 0. The average molecular weight is 131 g/mol. The second-order valence-corrected chi connectivity index (χ2v) is 0. The molecule has 0 N–H and O–H groups in total. The van der Waals surface area contributed by atoms with Crippen LogP contribution in [0.25, 0.3) is 0 Å². The van der Waals surface area contributed by atoms with Gasteiger partial charge in [-0.05, 0) is 0 Å². The molecule has 0 aliphatic carbocycles. The van der Waals surface area contributed by atoms with Crippen molar-refractivity contribution in [2.45, 2.75) is 6.92 Å². The van der Waals surface area contributed by atoms with Crippen molar-refractivity contribution >= 4 is 12.4 Å². The third kappa shape index (κ3) is 12.8. The summed E-state index contributed by atoms with van der Waals surface area (Å²) in [6.45, 7) is 5.00. The van der Waals surface area contributed by atoms with Crippen LogP contribution in [0.3, 0.4) is 0 Å². The smallest absolute Gasteiger partial charge is 0 e. The first-order chi connectivity index (χ1) is 1.00. The molecule has 4 heavy (non-hydrogen) atoms. The molecule has 0 aromatic carbocycles. The third-order valence-electron chi connectivity index (χ3n) is 0. The first-order valence-corrected chi connectivity index (χ1v) is 0.707. The normalized spacial score (nSPS) is 1.50. The van der Waals surface area contributed by atoms with Crippen LogP contribution < -0.4 is 0 Å². The Balaban J connectivity index is -0.00000000500. The van der Waals surface area contributed by atoms with Crippen LogP contribution in [0.2, 0.25) is 0 Å². The summed E-state index contributed by atoms with van der Waals surface area (Å²) in [5.74, 6) is 0. The van der Waals surface area contributed by atoms with Crippen LogP contribution in [-0.4, -0.2) is 0 Å². The van der Waals surface area contributed by atoms with E-state index in [0.29, 0.717) is 0 Å². The molecule has 0 saturated heterocycles. The fourth-order valence-electron chi connectivity index (χ4n) is 0. The van der Waals surface area contributed by atoms with Gasteiger partial charge in [0.1, 0.15) is 0 Å². The first-order valence-electron chi connectivity index (χ1n) is 0.707. The molecule has 24 valence electrons. The third-order valence-corrected chi connectivity index (χ3v) is 0. The van der Waals surface area contributed by atoms with E-state index in [4.69, 9.17) is 0 Å². The van der Waals surface area contributed by atoms with Crippen molar-refractivity contribution in [2.75, 3.05) is 0 Å². The Hall–Kier alpha value is 0.913. The predicted octanol–water partition coefficient (Wildman–Crippen LogP) is 1.26. The zero-order chi connectivity index (χ0) is 2.00. The molecule has 0 aliphatic rings. The second kappa shape index (κ2) is 39.8. The van der Waals surface area contributed by atoms with E-state index in [2.05, 4.69) is 6.92 Å². The molecule has 0 heterocycles. The molecule has 0 rings (SSSR count). The van der Waals surface area contributed by atoms with E-state index in [1.54, 1.807) is 6.92 Å². The van der Waals surface area contributed by atoms with Crippen LogP contribution in [0.1, 0.15) is 6.92 Å². The van der Waals surface area contributed by atoms with Gasteiger partial charge in [-0.2, -0.15) is 6.92 Å². The van der Waals surface area contributed by atoms with E-state index in [-0.39, 0.29) is 31.9 Å². The van der Waals surface area contributed by atoms with Crippen molar-refractivity contribution in [3.63, 3.8) is 0 Å². The van der Waals surface area contributed by atoms with Crippen molar-refractivity contribution < 1.29 is 19.5 Å². The van der Waals surface area contributed by atoms with E-state index in [9.17, 15) is 0 Å². The molecule has 0 amide bonds. The fraction of sp³-hybridized carbons (Fsp3) is 0.500. The van der Waals surface area contributed by atoms with Gasteiger partial charge in [-0.25, -0.2) is 0 Å². The van der Waals surface area contributed by atoms with Crippen LogP contribution in [0, 0.1) is 6.92 Å². The molecule has 0 atom stereocenters. The molecular formula is C2H6ClZn-. The Bertz CT molecular complexity index is 6.00. The van der Waals surface area contributed by atoms with Gasteiger partial charge in [-0.1, -0.05) is 0 Å². The molecule has 0 unspecified atom stereocenters. The van der Waals surface area contributed by atoms with Gasteiger partial charge in [-0.3, -0.25) is 0 Å². The number of hydrogen-bond acceptors (Lipinski definition) is 0. The van der Waals surface area contributed by atoms with E-state index >= 15 is 0 Å².